The van der Waals surface area contributed by atoms with Crippen LogP contribution in [0.1, 0.15) is 12.5 Å². The van der Waals surface area contributed by atoms with E-state index in [1.54, 1.807) is 24.3 Å². The molecule has 0 saturated carbocycles. The quantitative estimate of drug-likeness (QED) is 0.788. The van der Waals surface area contributed by atoms with Crippen LogP contribution in [0.15, 0.2) is 48.5 Å². The molecule has 0 bridgehead atoms. The van der Waals surface area contributed by atoms with E-state index in [0.717, 1.165) is 12.2 Å². The molecule has 0 aliphatic heterocycles. The zero-order chi connectivity index (χ0) is 15.8. The maximum atomic E-state index is 11.7. The highest BCUT2D eigenvalue weighted by molar-refractivity contribution is 6.30. The van der Waals surface area contributed by atoms with Crippen LogP contribution in [0.2, 0.25) is 5.02 Å². The first-order valence-electron chi connectivity index (χ1n) is 7.19. The molecule has 5 heteroatoms. The maximum absolute atomic E-state index is 11.7. The van der Waals surface area contributed by atoms with Crippen molar-refractivity contribution in [2.45, 2.75) is 13.3 Å². The molecule has 2 amide bonds. The van der Waals surface area contributed by atoms with Gasteiger partial charge < -0.3 is 15.4 Å². The number of urea groups is 1. The van der Waals surface area contributed by atoms with Crippen molar-refractivity contribution in [1.82, 2.24) is 5.32 Å². The van der Waals surface area contributed by atoms with E-state index in [9.17, 15) is 4.79 Å². The van der Waals surface area contributed by atoms with Gasteiger partial charge in [-0.05, 0) is 48.4 Å². The van der Waals surface area contributed by atoms with Crippen LogP contribution in [-0.2, 0) is 6.42 Å². The van der Waals surface area contributed by atoms with Gasteiger partial charge in [-0.2, -0.15) is 0 Å². The van der Waals surface area contributed by atoms with Crippen LogP contribution in [0.4, 0.5) is 10.5 Å². The van der Waals surface area contributed by atoms with Crippen molar-refractivity contribution < 1.29 is 9.53 Å². The Morgan fingerprint density at radius 2 is 1.95 bits per heavy atom. The van der Waals surface area contributed by atoms with E-state index >= 15 is 0 Å². The second kappa shape index (κ2) is 8.29. The molecule has 2 aromatic rings. The molecule has 2 rings (SSSR count). The normalized spacial score (nSPS) is 10.1. The van der Waals surface area contributed by atoms with Crippen molar-refractivity contribution in [2.24, 2.45) is 0 Å². The number of halogens is 1. The first-order chi connectivity index (χ1) is 10.7. The number of benzene rings is 2. The predicted octanol–water partition coefficient (Wildman–Crippen LogP) is 4.10. The third-order valence-electron chi connectivity index (χ3n) is 3.07. The van der Waals surface area contributed by atoms with Crippen molar-refractivity contribution >= 4 is 23.3 Å². The second-order valence-corrected chi connectivity index (χ2v) is 5.17. The third kappa shape index (κ3) is 5.30. The van der Waals surface area contributed by atoms with E-state index in [1.165, 1.54) is 5.56 Å². The molecule has 22 heavy (non-hydrogen) atoms. The number of hydrogen-bond acceptors (Lipinski definition) is 2. The second-order valence-electron chi connectivity index (χ2n) is 4.74. The molecule has 0 unspecified atom stereocenters. The average Bonchev–Trinajstić information content (AvgIpc) is 2.54. The van der Waals surface area contributed by atoms with Gasteiger partial charge in [-0.3, -0.25) is 0 Å². The number of anilines is 1. The Hall–Kier alpha value is -2.20. The molecule has 2 N–H and O–H groups in total. The van der Waals surface area contributed by atoms with Crippen LogP contribution in [-0.4, -0.2) is 19.2 Å². The summed E-state index contributed by atoms with van der Waals surface area (Å²) in [6, 6.07) is 14.6. The van der Waals surface area contributed by atoms with Gasteiger partial charge in [0.25, 0.3) is 0 Å². The number of aryl methyl sites for hydroxylation is 1. The average molecular weight is 319 g/mol. The predicted molar refractivity (Wildman–Crippen MR) is 89.8 cm³/mol. The summed E-state index contributed by atoms with van der Waals surface area (Å²) >= 11 is 5.79. The Balaban J connectivity index is 1.69. The van der Waals surface area contributed by atoms with E-state index in [2.05, 4.69) is 23.6 Å². The summed E-state index contributed by atoms with van der Waals surface area (Å²) < 4.78 is 5.60. The molecule has 4 nitrogen and oxygen atoms in total. The summed E-state index contributed by atoms with van der Waals surface area (Å²) in [6.07, 6.45) is 0.971. The minimum atomic E-state index is -0.270. The van der Waals surface area contributed by atoms with Crippen LogP contribution in [0, 0.1) is 0 Å². The molecule has 0 fully saturated rings. The van der Waals surface area contributed by atoms with E-state index < -0.39 is 0 Å². The number of carbonyl (C=O) groups excluding carboxylic acids is 1. The maximum Gasteiger partial charge on any atom is 0.319 e. The standard InChI is InChI=1S/C17H19ClN2O2/c1-2-13-4-3-5-16(12-13)22-11-10-19-17(21)20-15-8-6-14(18)7-9-15/h3-9,12H,2,10-11H2,1H3,(H2,19,20,21). The van der Waals surface area contributed by atoms with Gasteiger partial charge in [-0.1, -0.05) is 30.7 Å². The first kappa shape index (κ1) is 16.2. The molecule has 0 saturated heterocycles. The summed E-state index contributed by atoms with van der Waals surface area (Å²) in [5.74, 6) is 0.819. The Bertz CT molecular complexity index is 614. The van der Waals surface area contributed by atoms with Gasteiger partial charge in [0.05, 0.1) is 6.54 Å². The van der Waals surface area contributed by atoms with E-state index in [4.69, 9.17) is 16.3 Å². The van der Waals surface area contributed by atoms with Crippen molar-refractivity contribution in [2.75, 3.05) is 18.5 Å². The highest BCUT2D eigenvalue weighted by Gasteiger charge is 2.01. The van der Waals surface area contributed by atoms with Gasteiger partial charge >= 0.3 is 6.03 Å². The molecular weight excluding hydrogens is 300 g/mol. The number of ether oxygens (including phenoxy) is 1. The molecule has 0 aliphatic rings. The van der Waals surface area contributed by atoms with Crippen molar-refractivity contribution in [3.63, 3.8) is 0 Å². The molecule has 0 radical (unpaired) electrons. The Morgan fingerprint density at radius 1 is 1.18 bits per heavy atom. The van der Waals surface area contributed by atoms with Crippen LogP contribution >= 0.6 is 11.6 Å². The topological polar surface area (TPSA) is 50.4 Å². The van der Waals surface area contributed by atoms with Crippen molar-refractivity contribution in [1.29, 1.82) is 0 Å². The summed E-state index contributed by atoms with van der Waals surface area (Å²) in [5, 5.41) is 6.09. The third-order valence-corrected chi connectivity index (χ3v) is 3.32. The molecule has 0 atom stereocenters. The zero-order valence-corrected chi connectivity index (χ0v) is 13.2. The number of nitrogens with one attached hydrogen (secondary N) is 2. The van der Waals surface area contributed by atoms with Gasteiger partial charge in [0.15, 0.2) is 0 Å². The van der Waals surface area contributed by atoms with Gasteiger partial charge in [0.2, 0.25) is 0 Å². The van der Waals surface area contributed by atoms with Gasteiger partial charge in [-0.15, -0.1) is 0 Å². The molecule has 0 aliphatic carbocycles. The number of rotatable bonds is 6. The fourth-order valence-corrected chi connectivity index (χ4v) is 2.02. The molecule has 2 aromatic carbocycles. The monoisotopic (exact) mass is 318 g/mol. The number of amides is 2. The van der Waals surface area contributed by atoms with Crippen molar-refractivity contribution in [3.05, 3.63) is 59.1 Å². The molecule has 0 spiro atoms. The minimum absolute atomic E-state index is 0.270. The van der Waals surface area contributed by atoms with Crippen molar-refractivity contribution in [3.8, 4) is 5.75 Å². The highest BCUT2D eigenvalue weighted by Crippen LogP contribution is 2.14. The fourth-order valence-electron chi connectivity index (χ4n) is 1.90. The van der Waals surface area contributed by atoms with E-state index in [-0.39, 0.29) is 6.03 Å². The Morgan fingerprint density at radius 3 is 2.68 bits per heavy atom. The van der Waals surface area contributed by atoms with Crippen LogP contribution in [0.25, 0.3) is 0 Å². The summed E-state index contributed by atoms with van der Waals surface area (Å²) in [6.45, 7) is 2.94. The largest absolute Gasteiger partial charge is 0.492 e. The SMILES string of the molecule is CCc1cccc(OCCNC(=O)Nc2ccc(Cl)cc2)c1. The lowest BCUT2D eigenvalue weighted by molar-refractivity contribution is 0.247. The lowest BCUT2D eigenvalue weighted by Gasteiger charge is -2.10. The molecule has 116 valence electrons. The van der Waals surface area contributed by atoms with Gasteiger partial charge in [0.1, 0.15) is 12.4 Å². The molecular formula is C17H19ClN2O2. The van der Waals surface area contributed by atoms with E-state index in [1.807, 2.05) is 18.2 Å². The smallest absolute Gasteiger partial charge is 0.319 e. The van der Waals surface area contributed by atoms with Gasteiger partial charge in [0, 0.05) is 10.7 Å². The summed E-state index contributed by atoms with van der Waals surface area (Å²) in [5.41, 5.74) is 1.92. The van der Waals surface area contributed by atoms with E-state index in [0.29, 0.717) is 23.9 Å². The first-order valence-corrected chi connectivity index (χ1v) is 7.57. The number of hydrogen-bond donors (Lipinski definition) is 2. The minimum Gasteiger partial charge on any atom is -0.492 e. The Labute approximate surface area is 135 Å². The van der Waals surface area contributed by atoms with Crippen LogP contribution in [0.3, 0.4) is 0 Å². The zero-order valence-electron chi connectivity index (χ0n) is 12.4. The Kier molecular flexibility index (Phi) is 6.10. The summed E-state index contributed by atoms with van der Waals surface area (Å²) in [4.78, 5) is 11.7. The lowest BCUT2D eigenvalue weighted by Crippen LogP contribution is -2.32. The molecule has 0 aromatic heterocycles. The van der Waals surface area contributed by atoms with Crippen LogP contribution in [0.5, 0.6) is 5.75 Å². The highest BCUT2D eigenvalue weighted by atomic mass is 35.5. The fraction of sp³-hybridized carbons (Fsp3) is 0.235. The lowest BCUT2D eigenvalue weighted by atomic mass is 10.2. The van der Waals surface area contributed by atoms with Gasteiger partial charge in [-0.25, -0.2) is 4.79 Å². The summed E-state index contributed by atoms with van der Waals surface area (Å²) in [7, 11) is 0. The van der Waals surface area contributed by atoms with Crippen LogP contribution < -0.4 is 15.4 Å². The number of carbonyl (C=O) groups is 1. The molecule has 0 heterocycles.